The highest BCUT2D eigenvalue weighted by molar-refractivity contribution is 6.05. The molecule has 2 fully saturated rings. The van der Waals surface area contributed by atoms with Crippen molar-refractivity contribution in [3.05, 3.63) is 41.3 Å². The third-order valence-electron chi connectivity index (χ3n) is 6.77. The molecule has 156 valence electrons. The van der Waals surface area contributed by atoms with Crippen LogP contribution in [0.1, 0.15) is 72.5 Å². The van der Waals surface area contributed by atoms with E-state index in [1.807, 2.05) is 24.5 Å². The molecule has 1 unspecified atom stereocenters. The largest absolute Gasteiger partial charge is 0.337 e. The first-order valence-corrected chi connectivity index (χ1v) is 10.8. The second kappa shape index (κ2) is 7.38. The van der Waals surface area contributed by atoms with E-state index in [2.05, 4.69) is 16.9 Å². The molecule has 3 amide bonds. The van der Waals surface area contributed by atoms with Crippen LogP contribution in [-0.4, -0.2) is 38.2 Å². The van der Waals surface area contributed by atoms with Crippen LogP contribution in [0.25, 0.3) is 11.3 Å². The van der Waals surface area contributed by atoms with Crippen LogP contribution in [0.4, 0.5) is 0 Å². The van der Waals surface area contributed by atoms with Crippen LogP contribution >= 0.6 is 0 Å². The van der Waals surface area contributed by atoms with E-state index in [0.717, 1.165) is 16.8 Å². The summed E-state index contributed by atoms with van der Waals surface area (Å²) in [5.74, 6) is -0.263. The Kier molecular flexibility index (Phi) is 4.68. The van der Waals surface area contributed by atoms with Crippen LogP contribution in [0.5, 0.6) is 0 Å². The highest BCUT2D eigenvalue weighted by atomic mass is 16.2. The molecule has 0 bridgehead atoms. The smallest absolute Gasteiger partial charge is 0.255 e. The lowest BCUT2D eigenvalue weighted by Crippen LogP contribution is -2.52. The Balaban J connectivity index is 1.44. The summed E-state index contributed by atoms with van der Waals surface area (Å²) in [7, 11) is 2.06. The van der Waals surface area contributed by atoms with Gasteiger partial charge in [0.05, 0.1) is 12.0 Å². The fourth-order valence-corrected chi connectivity index (χ4v) is 5.24. The van der Waals surface area contributed by atoms with E-state index in [1.54, 1.807) is 4.90 Å². The molecule has 0 spiro atoms. The molecule has 5 rings (SSSR count). The van der Waals surface area contributed by atoms with Gasteiger partial charge in [-0.15, -0.1) is 0 Å². The average molecular weight is 406 g/mol. The number of fused-ring (bicyclic) bond motifs is 1. The van der Waals surface area contributed by atoms with Crippen LogP contribution in [0, 0.1) is 0 Å². The van der Waals surface area contributed by atoms with Gasteiger partial charge in [0.25, 0.3) is 5.91 Å². The minimum Gasteiger partial charge on any atom is -0.337 e. The molecule has 1 saturated heterocycles. The van der Waals surface area contributed by atoms with Crippen LogP contribution in [0.2, 0.25) is 0 Å². The van der Waals surface area contributed by atoms with Gasteiger partial charge in [-0.05, 0) is 37.0 Å². The van der Waals surface area contributed by atoms with Gasteiger partial charge in [0, 0.05) is 42.8 Å². The van der Waals surface area contributed by atoms with Gasteiger partial charge in [0.1, 0.15) is 6.04 Å². The molecule has 1 aliphatic carbocycles. The van der Waals surface area contributed by atoms with Crippen LogP contribution in [0.15, 0.2) is 24.5 Å². The SMILES string of the molecule is Cn1cnc(-c2ccc3c(c2)CN(C2CCC(=O)NC2=O)C3=O)c1C1CCCCC1. The van der Waals surface area contributed by atoms with Crippen LogP contribution < -0.4 is 5.32 Å². The number of nitrogens with zero attached hydrogens (tertiary/aromatic N) is 3. The van der Waals surface area contributed by atoms with Crippen molar-refractivity contribution < 1.29 is 14.4 Å². The van der Waals surface area contributed by atoms with Crippen LogP contribution in [-0.2, 0) is 23.2 Å². The molecule has 1 aromatic heterocycles. The molecule has 1 N–H and O–H groups in total. The monoisotopic (exact) mass is 406 g/mol. The quantitative estimate of drug-likeness (QED) is 0.795. The van der Waals surface area contributed by atoms with E-state index in [9.17, 15) is 14.4 Å². The highest BCUT2D eigenvalue weighted by Gasteiger charge is 2.39. The van der Waals surface area contributed by atoms with Gasteiger partial charge in [0.2, 0.25) is 11.8 Å². The Morgan fingerprint density at radius 3 is 2.63 bits per heavy atom. The van der Waals surface area contributed by atoms with Crippen molar-refractivity contribution >= 4 is 17.7 Å². The average Bonchev–Trinajstić information content (AvgIpc) is 3.28. The summed E-state index contributed by atoms with van der Waals surface area (Å²) < 4.78 is 2.14. The second-order valence-corrected chi connectivity index (χ2v) is 8.70. The second-order valence-electron chi connectivity index (χ2n) is 8.70. The zero-order valence-electron chi connectivity index (χ0n) is 17.2. The summed E-state index contributed by atoms with van der Waals surface area (Å²) in [4.78, 5) is 42.9. The standard InChI is InChI=1S/C23H26N4O3/c1-26-13-24-20(21(26)14-5-3-2-4-6-14)15-7-8-17-16(11-15)12-27(23(17)30)18-9-10-19(28)25-22(18)29/h7-8,11,13-14,18H,2-6,9-10,12H2,1H3,(H,25,28,29). The maximum Gasteiger partial charge on any atom is 0.255 e. The first-order chi connectivity index (χ1) is 14.5. The molecular formula is C23H26N4O3. The molecule has 7 nitrogen and oxygen atoms in total. The van der Waals surface area contributed by atoms with E-state index >= 15 is 0 Å². The third kappa shape index (κ3) is 3.13. The van der Waals surface area contributed by atoms with Crippen molar-refractivity contribution in [2.24, 2.45) is 7.05 Å². The zero-order chi connectivity index (χ0) is 20.8. The van der Waals surface area contributed by atoms with Gasteiger partial charge < -0.3 is 9.47 Å². The Labute approximate surface area is 175 Å². The van der Waals surface area contributed by atoms with E-state index in [0.29, 0.717) is 24.4 Å². The normalized spacial score (nSPS) is 22.4. The topological polar surface area (TPSA) is 84.3 Å². The van der Waals surface area contributed by atoms with Crippen LogP contribution in [0.3, 0.4) is 0 Å². The molecule has 3 aliphatic rings. The van der Waals surface area contributed by atoms with Gasteiger partial charge >= 0.3 is 0 Å². The number of carbonyl (C=O) groups excluding carboxylic acids is 3. The van der Waals surface area contributed by atoms with E-state index in [1.165, 1.54) is 37.8 Å². The Morgan fingerprint density at radius 1 is 1.07 bits per heavy atom. The fraction of sp³-hybridized carbons (Fsp3) is 0.478. The number of carbonyl (C=O) groups is 3. The molecule has 7 heteroatoms. The molecule has 3 heterocycles. The maximum atomic E-state index is 12.9. The number of hydrogen-bond acceptors (Lipinski definition) is 4. The van der Waals surface area contributed by atoms with Gasteiger partial charge in [-0.1, -0.05) is 25.3 Å². The zero-order valence-corrected chi connectivity index (χ0v) is 17.2. The lowest BCUT2D eigenvalue weighted by atomic mass is 9.85. The number of nitrogens with one attached hydrogen (secondary N) is 1. The molecule has 1 saturated carbocycles. The summed E-state index contributed by atoms with van der Waals surface area (Å²) in [6.45, 7) is 0.389. The summed E-state index contributed by atoms with van der Waals surface area (Å²) in [5, 5.41) is 2.35. The Bertz CT molecular complexity index is 1040. The third-order valence-corrected chi connectivity index (χ3v) is 6.77. The summed E-state index contributed by atoms with van der Waals surface area (Å²) in [5.41, 5.74) is 4.86. The van der Waals surface area contributed by atoms with Crippen molar-refractivity contribution in [2.75, 3.05) is 0 Å². The number of benzene rings is 1. The Hall–Kier alpha value is -2.96. The molecular weight excluding hydrogens is 380 g/mol. The van der Waals surface area contributed by atoms with Gasteiger partial charge in [0.15, 0.2) is 0 Å². The number of aryl methyl sites for hydroxylation is 1. The number of imide groups is 1. The molecule has 2 aromatic rings. The minimum absolute atomic E-state index is 0.139. The maximum absolute atomic E-state index is 12.9. The van der Waals surface area contributed by atoms with Crippen molar-refractivity contribution in [3.8, 4) is 11.3 Å². The van der Waals surface area contributed by atoms with Gasteiger partial charge in [-0.3, -0.25) is 19.7 Å². The molecule has 1 atom stereocenters. The fourth-order valence-electron chi connectivity index (χ4n) is 5.24. The number of piperidine rings is 1. The first kappa shape index (κ1) is 19.0. The van der Waals surface area contributed by atoms with E-state index in [-0.39, 0.29) is 24.1 Å². The summed E-state index contributed by atoms with van der Waals surface area (Å²) in [6, 6.07) is 5.30. The summed E-state index contributed by atoms with van der Waals surface area (Å²) >= 11 is 0. The predicted octanol–water partition coefficient (Wildman–Crippen LogP) is 2.90. The van der Waals surface area contributed by atoms with Crippen molar-refractivity contribution in [1.82, 2.24) is 19.8 Å². The first-order valence-electron chi connectivity index (χ1n) is 10.8. The Morgan fingerprint density at radius 2 is 1.87 bits per heavy atom. The predicted molar refractivity (Wildman–Crippen MR) is 111 cm³/mol. The minimum atomic E-state index is -0.585. The highest BCUT2D eigenvalue weighted by Crippen LogP contribution is 2.38. The van der Waals surface area contributed by atoms with Gasteiger partial charge in [-0.2, -0.15) is 0 Å². The molecule has 30 heavy (non-hydrogen) atoms. The van der Waals surface area contributed by atoms with Crippen molar-refractivity contribution in [2.45, 2.75) is 63.5 Å². The summed E-state index contributed by atoms with van der Waals surface area (Å²) in [6.07, 6.45) is 8.74. The lowest BCUT2D eigenvalue weighted by molar-refractivity contribution is -0.136. The lowest BCUT2D eigenvalue weighted by Gasteiger charge is -2.29. The molecule has 2 aliphatic heterocycles. The number of aromatic nitrogens is 2. The van der Waals surface area contributed by atoms with Gasteiger partial charge in [-0.25, -0.2) is 4.98 Å². The number of amides is 3. The van der Waals surface area contributed by atoms with Crippen molar-refractivity contribution in [1.29, 1.82) is 0 Å². The molecule has 1 aromatic carbocycles. The van der Waals surface area contributed by atoms with E-state index < -0.39 is 6.04 Å². The van der Waals surface area contributed by atoms with Crippen molar-refractivity contribution in [3.63, 3.8) is 0 Å². The number of hydrogen-bond donors (Lipinski definition) is 1. The number of imidazole rings is 1. The number of rotatable bonds is 3. The van der Waals surface area contributed by atoms with E-state index in [4.69, 9.17) is 4.98 Å². The molecule has 0 radical (unpaired) electrons.